The number of thioether (sulfide) groups is 1. The highest BCUT2D eigenvalue weighted by Gasteiger charge is 2.16. The van der Waals surface area contributed by atoms with Crippen LogP contribution >= 0.6 is 11.8 Å². The minimum absolute atomic E-state index is 0.167. The first-order valence-corrected chi connectivity index (χ1v) is 6.07. The van der Waals surface area contributed by atoms with Crippen LogP contribution in [0.4, 0.5) is 8.78 Å². The highest BCUT2D eigenvalue weighted by Crippen LogP contribution is 2.30. The molecule has 0 radical (unpaired) electrons. The summed E-state index contributed by atoms with van der Waals surface area (Å²) >= 11 is 1.79. The zero-order valence-corrected chi connectivity index (χ0v) is 9.33. The maximum atomic E-state index is 13.6. The molecule has 0 saturated carbocycles. The van der Waals surface area contributed by atoms with Crippen molar-refractivity contribution in [2.24, 2.45) is 0 Å². The molecule has 0 N–H and O–H groups in total. The standard InChI is InChI=1S/C12H12F2S/c1-8-6-10(13)12(11(14)7-8)9-2-4-15-5-3-9/h2,6-7H,3-5H2,1H3. The van der Waals surface area contributed by atoms with E-state index in [4.69, 9.17) is 0 Å². The molecule has 0 atom stereocenters. The Balaban J connectivity index is 2.47. The molecule has 1 aromatic carbocycles. The van der Waals surface area contributed by atoms with E-state index >= 15 is 0 Å². The Morgan fingerprint density at radius 2 is 1.87 bits per heavy atom. The molecule has 0 saturated heterocycles. The molecule has 0 unspecified atom stereocenters. The van der Waals surface area contributed by atoms with E-state index in [1.165, 1.54) is 12.1 Å². The summed E-state index contributed by atoms with van der Waals surface area (Å²) in [6, 6.07) is 2.78. The van der Waals surface area contributed by atoms with Gasteiger partial charge in [0.05, 0.1) is 0 Å². The second-order valence-corrected chi connectivity index (χ2v) is 4.81. The molecule has 1 aliphatic heterocycles. The molecule has 80 valence electrons. The van der Waals surface area contributed by atoms with Crippen LogP contribution in [0, 0.1) is 18.6 Å². The number of aryl methyl sites for hydroxylation is 1. The molecular weight excluding hydrogens is 214 g/mol. The quantitative estimate of drug-likeness (QED) is 0.702. The van der Waals surface area contributed by atoms with Crippen molar-refractivity contribution in [2.75, 3.05) is 11.5 Å². The van der Waals surface area contributed by atoms with Gasteiger partial charge in [0.15, 0.2) is 0 Å². The highest BCUT2D eigenvalue weighted by atomic mass is 32.2. The molecule has 15 heavy (non-hydrogen) atoms. The molecule has 1 aliphatic rings. The van der Waals surface area contributed by atoms with Crippen molar-refractivity contribution in [2.45, 2.75) is 13.3 Å². The summed E-state index contributed by atoms with van der Waals surface area (Å²) in [5.41, 5.74) is 1.60. The molecule has 0 aromatic heterocycles. The van der Waals surface area contributed by atoms with Crippen molar-refractivity contribution in [3.63, 3.8) is 0 Å². The minimum Gasteiger partial charge on any atom is -0.206 e. The summed E-state index contributed by atoms with van der Waals surface area (Å²) in [4.78, 5) is 0. The molecule has 0 amide bonds. The summed E-state index contributed by atoms with van der Waals surface area (Å²) in [6.07, 6.45) is 2.67. The first kappa shape index (κ1) is 10.7. The smallest absolute Gasteiger partial charge is 0.133 e. The zero-order valence-electron chi connectivity index (χ0n) is 8.52. The minimum atomic E-state index is -0.439. The van der Waals surface area contributed by atoms with Crippen LogP contribution in [0.1, 0.15) is 17.5 Å². The highest BCUT2D eigenvalue weighted by molar-refractivity contribution is 7.99. The number of halogens is 2. The monoisotopic (exact) mass is 226 g/mol. The predicted molar refractivity (Wildman–Crippen MR) is 61.0 cm³/mol. The molecule has 0 aliphatic carbocycles. The van der Waals surface area contributed by atoms with Crippen LogP contribution in [0.3, 0.4) is 0 Å². The predicted octanol–water partition coefficient (Wildman–Crippen LogP) is 3.79. The van der Waals surface area contributed by atoms with Crippen molar-refractivity contribution in [1.29, 1.82) is 0 Å². The van der Waals surface area contributed by atoms with E-state index in [0.717, 1.165) is 23.5 Å². The molecule has 3 heteroatoms. The largest absolute Gasteiger partial charge is 0.206 e. The van der Waals surface area contributed by atoms with Gasteiger partial charge in [-0.2, -0.15) is 11.8 Å². The van der Waals surface area contributed by atoms with Gasteiger partial charge >= 0.3 is 0 Å². The maximum absolute atomic E-state index is 13.6. The fourth-order valence-corrected chi connectivity index (χ4v) is 2.61. The molecule has 0 bridgehead atoms. The van der Waals surface area contributed by atoms with Crippen LogP contribution in [0.2, 0.25) is 0 Å². The number of hydrogen-bond acceptors (Lipinski definition) is 1. The first-order chi connectivity index (χ1) is 7.18. The van der Waals surface area contributed by atoms with Crippen molar-refractivity contribution < 1.29 is 8.78 Å². The molecule has 1 heterocycles. The molecule has 0 nitrogen and oxygen atoms in total. The lowest BCUT2D eigenvalue weighted by Gasteiger charge is -2.14. The Labute approximate surface area is 92.4 Å². The van der Waals surface area contributed by atoms with Gasteiger partial charge in [0, 0.05) is 11.3 Å². The second kappa shape index (κ2) is 4.35. The fraction of sp³-hybridized carbons (Fsp3) is 0.333. The van der Waals surface area contributed by atoms with Crippen LogP contribution < -0.4 is 0 Å². The van der Waals surface area contributed by atoms with E-state index in [-0.39, 0.29) is 5.56 Å². The Morgan fingerprint density at radius 3 is 2.40 bits per heavy atom. The summed E-state index contributed by atoms with van der Waals surface area (Å²) in [7, 11) is 0. The van der Waals surface area contributed by atoms with Crippen LogP contribution in [0.25, 0.3) is 5.57 Å². The van der Waals surface area contributed by atoms with E-state index in [9.17, 15) is 8.78 Å². The SMILES string of the molecule is Cc1cc(F)c(C2=CCSCC2)c(F)c1. The van der Waals surface area contributed by atoms with Gasteiger partial charge in [0.25, 0.3) is 0 Å². The van der Waals surface area contributed by atoms with Gasteiger partial charge in [-0.25, -0.2) is 8.78 Å². The lowest BCUT2D eigenvalue weighted by Crippen LogP contribution is -2.01. The normalized spacial score (nSPS) is 16.3. The van der Waals surface area contributed by atoms with Gasteiger partial charge in [-0.3, -0.25) is 0 Å². The summed E-state index contributed by atoms with van der Waals surface area (Å²) in [5, 5.41) is 0. The third kappa shape index (κ3) is 2.23. The third-order valence-electron chi connectivity index (χ3n) is 2.47. The molecular formula is C12H12F2S. The van der Waals surface area contributed by atoms with Gasteiger partial charge in [-0.1, -0.05) is 6.08 Å². The van der Waals surface area contributed by atoms with Gasteiger partial charge in [0.2, 0.25) is 0 Å². The molecule has 0 fully saturated rings. The fourth-order valence-electron chi connectivity index (χ4n) is 1.76. The van der Waals surface area contributed by atoms with Gasteiger partial charge in [-0.05, 0) is 42.4 Å². The average Bonchev–Trinajstić information content (AvgIpc) is 2.17. The second-order valence-electron chi connectivity index (χ2n) is 3.66. The Morgan fingerprint density at radius 1 is 1.20 bits per heavy atom. The van der Waals surface area contributed by atoms with Crippen molar-refractivity contribution in [3.05, 3.63) is 41.0 Å². The Bertz CT molecular complexity index is 387. The van der Waals surface area contributed by atoms with E-state index in [1.807, 2.05) is 6.08 Å². The lowest BCUT2D eigenvalue weighted by molar-refractivity contribution is 0.574. The number of allylic oxidation sites excluding steroid dienone is 1. The van der Waals surface area contributed by atoms with Crippen LogP contribution in [-0.2, 0) is 0 Å². The van der Waals surface area contributed by atoms with Gasteiger partial charge < -0.3 is 0 Å². The number of benzene rings is 1. The van der Waals surface area contributed by atoms with Crippen LogP contribution in [-0.4, -0.2) is 11.5 Å². The average molecular weight is 226 g/mol. The molecule has 2 rings (SSSR count). The summed E-state index contributed by atoms with van der Waals surface area (Å²) < 4.78 is 27.2. The van der Waals surface area contributed by atoms with E-state index in [2.05, 4.69) is 0 Å². The Hall–Kier alpha value is -0.830. The van der Waals surface area contributed by atoms with Crippen LogP contribution in [0.15, 0.2) is 18.2 Å². The molecule has 1 aromatic rings. The lowest BCUT2D eigenvalue weighted by atomic mass is 10.0. The summed E-state index contributed by atoms with van der Waals surface area (Å²) in [5.74, 6) is 0.914. The van der Waals surface area contributed by atoms with Gasteiger partial charge in [-0.15, -0.1) is 0 Å². The van der Waals surface area contributed by atoms with E-state index in [0.29, 0.717) is 5.56 Å². The summed E-state index contributed by atoms with van der Waals surface area (Å²) in [6.45, 7) is 1.70. The van der Waals surface area contributed by atoms with E-state index in [1.54, 1.807) is 18.7 Å². The van der Waals surface area contributed by atoms with E-state index < -0.39 is 11.6 Å². The van der Waals surface area contributed by atoms with Gasteiger partial charge in [0.1, 0.15) is 11.6 Å². The van der Waals surface area contributed by atoms with Crippen molar-refractivity contribution in [3.8, 4) is 0 Å². The Kier molecular flexibility index (Phi) is 3.10. The molecule has 0 spiro atoms. The van der Waals surface area contributed by atoms with Crippen LogP contribution in [0.5, 0.6) is 0 Å². The van der Waals surface area contributed by atoms with Crippen molar-refractivity contribution >= 4 is 17.3 Å². The zero-order chi connectivity index (χ0) is 10.8. The maximum Gasteiger partial charge on any atom is 0.133 e. The van der Waals surface area contributed by atoms with Crippen molar-refractivity contribution in [1.82, 2.24) is 0 Å². The first-order valence-electron chi connectivity index (χ1n) is 4.91. The topological polar surface area (TPSA) is 0 Å². The number of rotatable bonds is 1. The third-order valence-corrected chi connectivity index (χ3v) is 3.37. The number of hydrogen-bond donors (Lipinski definition) is 0.